The summed E-state index contributed by atoms with van der Waals surface area (Å²) in [4.78, 5) is 11.4. The Kier molecular flexibility index (Phi) is 5.73. The van der Waals surface area contributed by atoms with E-state index in [1.165, 1.54) is 12.1 Å². The van der Waals surface area contributed by atoms with Crippen LogP contribution in [0.2, 0.25) is 0 Å². The SMILES string of the molecule is Cc1ccc(C)c(OCC(=O)Nc2ccc(S(=O)(=O)C(F)F)cc2)c1. The van der Waals surface area contributed by atoms with E-state index in [9.17, 15) is 22.0 Å². The van der Waals surface area contributed by atoms with E-state index >= 15 is 0 Å². The Morgan fingerprint density at radius 2 is 1.76 bits per heavy atom. The second-order valence-corrected chi connectivity index (χ2v) is 7.35. The number of nitrogens with one attached hydrogen (secondary N) is 1. The van der Waals surface area contributed by atoms with Crippen LogP contribution in [0.5, 0.6) is 5.75 Å². The molecule has 0 bridgehead atoms. The minimum Gasteiger partial charge on any atom is -0.483 e. The molecule has 0 aliphatic rings. The fraction of sp³-hybridized carbons (Fsp3) is 0.235. The Morgan fingerprint density at radius 3 is 2.36 bits per heavy atom. The summed E-state index contributed by atoms with van der Waals surface area (Å²) in [6, 6.07) is 10.1. The molecule has 0 aliphatic carbocycles. The van der Waals surface area contributed by atoms with Gasteiger partial charge in [0.15, 0.2) is 6.61 Å². The summed E-state index contributed by atoms with van der Waals surface area (Å²) in [5.74, 6) is -3.35. The predicted octanol–water partition coefficient (Wildman–Crippen LogP) is 3.32. The molecule has 0 aliphatic heterocycles. The van der Waals surface area contributed by atoms with Gasteiger partial charge in [0.2, 0.25) is 9.84 Å². The van der Waals surface area contributed by atoms with Crippen molar-refractivity contribution in [3.8, 4) is 5.75 Å². The van der Waals surface area contributed by atoms with E-state index in [0.29, 0.717) is 5.75 Å². The maximum absolute atomic E-state index is 12.5. The molecule has 2 aromatic rings. The average molecular weight is 369 g/mol. The average Bonchev–Trinajstić information content (AvgIpc) is 2.56. The first-order valence-electron chi connectivity index (χ1n) is 7.32. The minimum absolute atomic E-state index is 0.235. The van der Waals surface area contributed by atoms with E-state index in [4.69, 9.17) is 4.74 Å². The standard InChI is InChI=1S/C17H17F2NO4S/c1-11-3-4-12(2)15(9-11)24-10-16(21)20-13-5-7-14(8-6-13)25(22,23)17(18)19/h3-9,17H,10H2,1-2H3,(H,20,21). The summed E-state index contributed by atoms with van der Waals surface area (Å²) in [7, 11) is -4.65. The van der Waals surface area contributed by atoms with Crippen LogP contribution < -0.4 is 10.1 Å². The van der Waals surface area contributed by atoms with E-state index in [1.807, 2.05) is 32.0 Å². The lowest BCUT2D eigenvalue weighted by molar-refractivity contribution is -0.118. The second-order valence-electron chi connectivity index (χ2n) is 5.44. The maximum atomic E-state index is 12.5. The number of alkyl halides is 2. The van der Waals surface area contributed by atoms with Crippen LogP contribution in [-0.2, 0) is 14.6 Å². The van der Waals surface area contributed by atoms with Gasteiger partial charge >= 0.3 is 5.76 Å². The molecule has 0 saturated carbocycles. The van der Waals surface area contributed by atoms with E-state index in [1.54, 1.807) is 0 Å². The molecular formula is C17H17F2NO4S. The number of ether oxygens (including phenoxy) is 1. The van der Waals surface area contributed by atoms with Crippen LogP contribution in [0.15, 0.2) is 47.4 Å². The molecule has 5 nitrogen and oxygen atoms in total. The number of rotatable bonds is 6. The monoisotopic (exact) mass is 369 g/mol. The normalized spacial score (nSPS) is 11.4. The van der Waals surface area contributed by atoms with Crippen LogP contribution in [-0.4, -0.2) is 26.7 Å². The first kappa shape index (κ1) is 18.9. The number of aryl methyl sites for hydroxylation is 2. The number of hydrogen-bond acceptors (Lipinski definition) is 4. The van der Waals surface area contributed by atoms with Crippen LogP contribution in [0.25, 0.3) is 0 Å². The molecule has 0 fully saturated rings. The van der Waals surface area contributed by atoms with E-state index in [0.717, 1.165) is 23.3 Å². The molecule has 134 valence electrons. The molecule has 0 heterocycles. The van der Waals surface area contributed by atoms with Crippen LogP contribution in [0, 0.1) is 13.8 Å². The van der Waals surface area contributed by atoms with Gasteiger partial charge in [-0.15, -0.1) is 0 Å². The van der Waals surface area contributed by atoms with Crippen LogP contribution >= 0.6 is 0 Å². The van der Waals surface area contributed by atoms with Crippen LogP contribution in [0.1, 0.15) is 11.1 Å². The lowest BCUT2D eigenvalue weighted by Crippen LogP contribution is -2.20. The zero-order valence-corrected chi connectivity index (χ0v) is 14.4. The third kappa shape index (κ3) is 4.76. The molecule has 1 amide bonds. The van der Waals surface area contributed by atoms with Gasteiger partial charge in [0.1, 0.15) is 5.75 Å². The summed E-state index contributed by atoms with van der Waals surface area (Å²) < 4.78 is 53.0. The molecule has 2 rings (SSSR count). The zero-order chi connectivity index (χ0) is 18.6. The van der Waals surface area contributed by atoms with Gasteiger partial charge in [0.25, 0.3) is 5.91 Å². The topological polar surface area (TPSA) is 72.5 Å². The van der Waals surface area contributed by atoms with Crippen molar-refractivity contribution < 1.29 is 26.7 Å². The lowest BCUT2D eigenvalue weighted by atomic mass is 10.1. The van der Waals surface area contributed by atoms with E-state index in [2.05, 4.69) is 5.32 Å². The highest BCUT2D eigenvalue weighted by molar-refractivity contribution is 7.91. The lowest BCUT2D eigenvalue weighted by Gasteiger charge is -2.11. The highest BCUT2D eigenvalue weighted by Crippen LogP contribution is 2.21. The molecular weight excluding hydrogens is 352 g/mol. The number of anilines is 1. The van der Waals surface area contributed by atoms with Crippen molar-refractivity contribution in [3.63, 3.8) is 0 Å². The molecule has 8 heteroatoms. The van der Waals surface area contributed by atoms with Crippen molar-refractivity contribution in [2.75, 3.05) is 11.9 Å². The first-order valence-corrected chi connectivity index (χ1v) is 8.87. The number of hydrogen-bond donors (Lipinski definition) is 1. The Morgan fingerprint density at radius 1 is 1.12 bits per heavy atom. The summed E-state index contributed by atoms with van der Waals surface area (Å²) in [6.45, 7) is 3.53. The van der Waals surface area contributed by atoms with Crippen molar-refractivity contribution >= 4 is 21.4 Å². The van der Waals surface area contributed by atoms with Gasteiger partial charge in [-0.25, -0.2) is 8.42 Å². The Labute approximate surface area is 144 Å². The molecule has 0 unspecified atom stereocenters. The Hall–Kier alpha value is -2.48. The quantitative estimate of drug-likeness (QED) is 0.848. The van der Waals surface area contributed by atoms with Gasteiger partial charge in [0.05, 0.1) is 4.90 Å². The third-order valence-corrected chi connectivity index (χ3v) is 4.80. The molecule has 0 saturated heterocycles. The van der Waals surface area contributed by atoms with Crippen LogP contribution in [0.3, 0.4) is 0 Å². The van der Waals surface area contributed by atoms with Gasteiger partial charge in [-0.3, -0.25) is 4.79 Å². The fourth-order valence-electron chi connectivity index (χ4n) is 2.03. The molecule has 0 atom stereocenters. The maximum Gasteiger partial charge on any atom is 0.341 e. The predicted molar refractivity (Wildman–Crippen MR) is 89.7 cm³/mol. The number of benzene rings is 2. The summed E-state index contributed by atoms with van der Waals surface area (Å²) >= 11 is 0. The van der Waals surface area contributed by atoms with Crippen molar-refractivity contribution in [3.05, 3.63) is 53.6 Å². The molecule has 1 N–H and O–H groups in total. The molecule has 25 heavy (non-hydrogen) atoms. The number of amides is 1. The van der Waals surface area contributed by atoms with Gasteiger partial charge in [0, 0.05) is 5.69 Å². The van der Waals surface area contributed by atoms with Crippen molar-refractivity contribution in [1.82, 2.24) is 0 Å². The summed E-state index contributed by atoms with van der Waals surface area (Å²) in [6.07, 6.45) is 0. The number of carbonyl (C=O) groups is 1. The van der Waals surface area contributed by atoms with E-state index in [-0.39, 0.29) is 12.3 Å². The molecule has 0 radical (unpaired) electrons. The fourth-order valence-corrected chi connectivity index (χ4v) is 2.76. The first-order chi connectivity index (χ1) is 11.7. The van der Waals surface area contributed by atoms with Crippen LogP contribution in [0.4, 0.5) is 14.5 Å². The smallest absolute Gasteiger partial charge is 0.341 e. The second kappa shape index (κ2) is 7.60. The Balaban J connectivity index is 1.98. The zero-order valence-electron chi connectivity index (χ0n) is 13.6. The van der Waals surface area contributed by atoms with Gasteiger partial charge < -0.3 is 10.1 Å². The number of carbonyl (C=O) groups excluding carboxylic acids is 1. The summed E-state index contributed by atoms with van der Waals surface area (Å²) in [5, 5.41) is 2.51. The number of sulfone groups is 1. The van der Waals surface area contributed by atoms with Crippen molar-refractivity contribution in [2.24, 2.45) is 0 Å². The summed E-state index contributed by atoms with van der Waals surface area (Å²) in [5.41, 5.74) is 2.17. The minimum atomic E-state index is -4.65. The Bertz CT molecular complexity index is 865. The van der Waals surface area contributed by atoms with Gasteiger partial charge in [-0.05, 0) is 55.3 Å². The van der Waals surface area contributed by atoms with Crippen molar-refractivity contribution in [2.45, 2.75) is 24.5 Å². The van der Waals surface area contributed by atoms with Gasteiger partial charge in [-0.1, -0.05) is 12.1 Å². The van der Waals surface area contributed by atoms with Crippen molar-refractivity contribution in [1.29, 1.82) is 0 Å². The highest BCUT2D eigenvalue weighted by Gasteiger charge is 2.26. The molecule has 0 spiro atoms. The highest BCUT2D eigenvalue weighted by atomic mass is 32.2. The molecule has 2 aromatic carbocycles. The largest absolute Gasteiger partial charge is 0.483 e. The number of halogens is 2. The third-order valence-electron chi connectivity index (χ3n) is 3.40. The van der Waals surface area contributed by atoms with Gasteiger partial charge in [-0.2, -0.15) is 8.78 Å². The molecule has 0 aromatic heterocycles. The van der Waals surface area contributed by atoms with E-state index < -0.39 is 26.4 Å².